The van der Waals surface area contributed by atoms with Crippen LogP contribution in [0.25, 0.3) is 11.1 Å². The third-order valence-corrected chi connectivity index (χ3v) is 3.21. The van der Waals surface area contributed by atoms with Crippen molar-refractivity contribution in [2.75, 3.05) is 7.11 Å². The molecule has 1 heterocycles. The van der Waals surface area contributed by atoms with Crippen LogP contribution >= 0.6 is 11.6 Å². The summed E-state index contributed by atoms with van der Waals surface area (Å²) >= 11 is 5.61. The van der Waals surface area contributed by atoms with Crippen LogP contribution in [0.1, 0.15) is 22.3 Å². The summed E-state index contributed by atoms with van der Waals surface area (Å²) in [6.07, 6.45) is -1.23. The monoisotopic (exact) mass is 331 g/mol. The van der Waals surface area contributed by atoms with Gasteiger partial charge in [0, 0.05) is 11.1 Å². The molecule has 116 valence electrons. The number of carbonyl (C=O) groups is 1. The van der Waals surface area contributed by atoms with E-state index in [0.717, 1.165) is 37.7 Å². The van der Waals surface area contributed by atoms with Crippen molar-refractivity contribution >= 4 is 17.6 Å². The largest absolute Gasteiger partial charge is 0.619 e. The Morgan fingerprint density at radius 2 is 2.05 bits per heavy atom. The molecule has 0 spiro atoms. The number of benzene rings is 1. The summed E-state index contributed by atoms with van der Waals surface area (Å²) in [4.78, 5) is 11.5. The van der Waals surface area contributed by atoms with Crippen molar-refractivity contribution in [1.82, 2.24) is 0 Å². The van der Waals surface area contributed by atoms with Crippen LogP contribution in [0.3, 0.4) is 0 Å². The van der Waals surface area contributed by atoms with E-state index < -0.39 is 29.3 Å². The van der Waals surface area contributed by atoms with Gasteiger partial charge >= 0.3 is 5.97 Å². The van der Waals surface area contributed by atoms with Crippen LogP contribution < -0.4 is 4.73 Å². The van der Waals surface area contributed by atoms with E-state index in [4.69, 9.17) is 11.6 Å². The molecule has 0 amide bonds. The van der Waals surface area contributed by atoms with Crippen LogP contribution in [0.4, 0.5) is 13.2 Å². The number of pyridine rings is 1. The molecule has 2 rings (SSSR count). The van der Waals surface area contributed by atoms with Gasteiger partial charge in [-0.3, -0.25) is 0 Å². The number of alkyl halides is 2. The maximum Gasteiger partial charge on any atom is 0.344 e. The van der Waals surface area contributed by atoms with Crippen molar-refractivity contribution in [2.24, 2.45) is 0 Å². The molecule has 0 radical (unpaired) electrons. The smallest absolute Gasteiger partial charge is 0.344 e. The van der Waals surface area contributed by atoms with Gasteiger partial charge in [-0.2, -0.15) is 4.73 Å². The number of methoxy groups -OCH3 is 1. The third kappa shape index (κ3) is 2.99. The minimum Gasteiger partial charge on any atom is -0.619 e. The van der Waals surface area contributed by atoms with Gasteiger partial charge in [0.2, 0.25) is 0 Å². The Kier molecular flexibility index (Phi) is 4.56. The SMILES string of the molecule is COC(=O)c1cc(-c2c(C(F)F)ccc(Cl)c2F)c[n+]([O-])c1. The number of hydrogen-bond acceptors (Lipinski definition) is 3. The Balaban J connectivity index is 2.73. The molecule has 0 atom stereocenters. The molecule has 4 nitrogen and oxygen atoms in total. The molecule has 0 aliphatic rings. The van der Waals surface area contributed by atoms with E-state index >= 15 is 0 Å². The highest BCUT2D eigenvalue weighted by Crippen LogP contribution is 2.36. The lowest BCUT2D eigenvalue weighted by Gasteiger charge is -2.12. The predicted octanol–water partition coefficient (Wildman–Crippen LogP) is 3.50. The number of esters is 1. The average Bonchev–Trinajstić information content (AvgIpc) is 2.47. The van der Waals surface area contributed by atoms with Crippen LogP contribution in [-0.4, -0.2) is 13.1 Å². The Bertz CT molecular complexity index is 738. The van der Waals surface area contributed by atoms with Crippen LogP contribution in [0, 0.1) is 11.0 Å². The first-order valence-electron chi connectivity index (χ1n) is 5.93. The van der Waals surface area contributed by atoms with Crippen molar-refractivity contribution in [3.63, 3.8) is 0 Å². The van der Waals surface area contributed by atoms with Gasteiger partial charge in [0.05, 0.1) is 17.7 Å². The van der Waals surface area contributed by atoms with Crippen LogP contribution in [0.2, 0.25) is 5.02 Å². The van der Waals surface area contributed by atoms with Crippen LogP contribution in [0.5, 0.6) is 0 Å². The maximum absolute atomic E-state index is 14.2. The van der Waals surface area contributed by atoms with E-state index in [1.807, 2.05) is 0 Å². The molecule has 0 aliphatic carbocycles. The van der Waals surface area contributed by atoms with Crippen molar-refractivity contribution in [2.45, 2.75) is 6.43 Å². The standard InChI is InChI=1S/C14H9ClF3NO3/c1-22-14(20)8-4-7(5-19(21)6-8)11-9(13(17)18)2-3-10(15)12(11)16/h2-6,13H,1H3. The van der Waals surface area contributed by atoms with Crippen molar-refractivity contribution in [1.29, 1.82) is 0 Å². The molecule has 1 aromatic heterocycles. The number of ether oxygens (including phenoxy) is 1. The molecule has 8 heteroatoms. The quantitative estimate of drug-likeness (QED) is 0.491. The lowest BCUT2D eigenvalue weighted by molar-refractivity contribution is -0.605. The normalized spacial score (nSPS) is 10.8. The highest BCUT2D eigenvalue weighted by atomic mass is 35.5. The second-order valence-corrected chi connectivity index (χ2v) is 4.70. The van der Waals surface area contributed by atoms with Crippen molar-refractivity contribution in [3.8, 4) is 11.1 Å². The van der Waals surface area contributed by atoms with Gasteiger partial charge < -0.3 is 9.94 Å². The maximum atomic E-state index is 14.2. The summed E-state index contributed by atoms with van der Waals surface area (Å²) in [5, 5.41) is 11.2. The first kappa shape index (κ1) is 16.1. The van der Waals surface area contributed by atoms with Gasteiger partial charge in [0.25, 0.3) is 6.43 Å². The highest BCUT2D eigenvalue weighted by Gasteiger charge is 2.23. The first-order chi connectivity index (χ1) is 10.3. The Morgan fingerprint density at radius 1 is 1.36 bits per heavy atom. The zero-order valence-electron chi connectivity index (χ0n) is 11.1. The lowest BCUT2D eigenvalue weighted by atomic mass is 9.99. The minimum absolute atomic E-state index is 0.199. The Hall–Kier alpha value is -2.28. The molecule has 0 fully saturated rings. The second kappa shape index (κ2) is 6.23. The molecule has 0 aliphatic heterocycles. The lowest BCUT2D eigenvalue weighted by Crippen LogP contribution is -2.27. The molecule has 1 aromatic carbocycles. The van der Waals surface area contributed by atoms with Gasteiger partial charge in [0.15, 0.2) is 12.4 Å². The third-order valence-electron chi connectivity index (χ3n) is 2.92. The van der Waals surface area contributed by atoms with E-state index in [2.05, 4.69) is 4.74 Å². The molecule has 0 N–H and O–H groups in total. The van der Waals surface area contributed by atoms with E-state index in [0.29, 0.717) is 0 Å². The summed E-state index contributed by atoms with van der Waals surface area (Å²) in [6.45, 7) is 0. The number of rotatable bonds is 3. The molecular weight excluding hydrogens is 323 g/mol. The number of aromatic nitrogens is 1. The average molecular weight is 332 g/mol. The molecule has 0 saturated carbocycles. The second-order valence-electron chi connectivity index (χ2n) is 4.29. The number of nitrogens with zero attached hydrogens (tertiary/aromatic N) is 1. The van der Waals surface area contributed by atoms with Crippen molar-refractivity contribution < 1.29 is 27.4 Å². The van der Waals surface area contributed by atoms with E-state index in [1.54, 1.807) is 0 Å². The zero-order valence-corrected chi connectivity index (χ0v) is 11.9. The summed E-state index contributed by atoms with van der Waals surface area (Å²) in [7, 11) is 1.09. The number of halogens is 4. The summed E-state index contributed by atoms with van der Waals surface area (Å²) in [5.74, 6) is -1.95. The summed E-state index contributed by atoms with van der Waals surface area (Å²) < 4.78 is 45.0. The van der Waals surface area contributed by atoms with Gasteiger partial charge in [-0.15, -0.1) is 0 Å². The Labute approximate surface area is 128 Å². The Morgan fingerprint density at radius 3 is 2.64 bits per heavy atom. The van der Waals surface area contributed by atoms with Crippen molar-refractivity contribution in [3.05, 3.63) is 57.8 Å². The van der Waals surface area contributed by atoms with Gasteiger partial charge in [-0.1, -0.05) is 17.7 Å². The molecule has 0 saturated heterocycles. The number of hydrogen-bond donors (Lipinski definition) is 0. The van der Waals surface area contributed by atoms with Crippen LogP contribution in [0.15, 0.2) is 30.6 Å². The first-order valence-corrected chi connectivity index (χ1v) is 6.31. The fourth-order valence-electron chi connectivity index (χ4n) is 1.96. The van der Waals surface area contributed by atoms with Crippen LogP contribution in [-0.2, 0) is 4.74 Å². The molecular formula is C14H9ClF3NO3. The fraction of sp³-hybridized carbons (Fsp3) is 0.143. The molecule has 0 bridgehead atoms. The summed E-state index contributed by atoms with van der Waals surface area (Å²) in [6, 6.07) is 3.05. The minimum atomic E-state index is -2.98. The predicted molar refractivity (Wildman–Crippen MR) is 72.1 cm³/mol. The number of carbonyl (C=O) groups excluding carboxylic acids is 1. The van der Waals surface area contributed by atoms with E-state index in [9.17, 15) is 23.2 Å². The fourth-order valence-corrected chi connectivity index (χ4v) is 2.12. The van der Waals surface area contributed by atoms with E-state index in [1.165, 1.54) is 0 Å². The highest BCUT2D eigenvalue weighted by molar-refractivity contribution is 6.31. The zero-order chi connectivity index (χ0) is 16.4. The van der Waals surface area contributed by atoms with Gasteiger partial charge in [-0.05, 0) is 12.1 Å². The molecule has 22 heavy (non-hydrogen) atoms. The summed E-state index contributed by atoms with van der Waals surface area (Å²) in [5.41, 5.74) is -1.57. The van der Waals surface area contributed by atoms with Gasteiger partial charge in [0.1, 0.15) is 11.4 Å². The van der Waals surface area contributed by atoms with Gasteiger partial charge in [-0.25, -0.2) is 18.0 Å². The molecule has 0 unspecified atom stereocenters. The topological polar surface area (TPSA) is 53.2 Å². The van der Waals surface area contributed by atoms with E-state index in [-0.39, 0.29) is 20.9 Å². The molecule has 2 aromatic rings.